The largest absolute Gasteiger partial charge is 0.477 e. The van der Waals surface area contributed by atoms with Crippen LogP contribution in [-0.2, 0) is 0 Å². The third-order valence-corrected chi connectivity index (χ3v) is 2.84. The summed E-state index contributed by atoms with van der Waals surface area (Å²) in [4.78, 5) is 22.8. The number of hydrogen-bond acceptors (Lipinski definition) is 4. The highest BCUT2D eigenvalue weighted by Crippen LogP contribution is 2.21. The van der Waals surface area contributed by atoms with E-state index in [0.29, 0.717) is 17.1 Å². The molecule has 19 heavy (non-hydrogen) atoms. The molecule has 1 amide bonds. The van der Waals surface area contributed by atoms with Gasteiger partial charge in [-0.2, -0.15) is 5.10 Å². The number of furan rings is 1. The Hall–Kier alpha value is -2.57. The molecule has 0 atom stereocenters. The molecule has 0 saturated carbocycles. The molecule has 7 heteroatoms. The summed E-state index contributed by atoms with van der Waals surface area (Å²) in [5, 5.41) is 17.3. The highest BCUT2D eigenvalue weighted by Gasteiger charge is 2.19. The van der Waals surface area contributed by atoms with Gasteiger partial charge in [0.1, 0.15) is 17.2 Å². The molecule has 0 bridgehead atoms. The number of carboxylic acid groups (broad SMARTS) is 1. The molecule has 0 saturated heterocycles. The first-order valence-corrected chi connectivity index (χ1v) is 5.56. The summed E-state index contributed by atoms with van der Waals surface area (Å²) in [6.07, 6.45) is 0. The van der Waals surface area contributed by atoms with Crippen molar-refractivity contribution in [3.63, 3.8) is 0 Å². The molecule has 0 aromatic carbocycles. The van der Waals surface area contributed by atoms with E-state index in [0.717, 1.165) is 5.56 Å². The van der Waals surface area contributed by atoms with Gasteiger partial charge in [0.25, 0.3) is 5.91 Å². The monoisotopic (exact) mass is 263 g/mol. The van der Waals surface area contributed by atoms with Crippen molar-refractivity contribution in [2.75, 3.05) is 5.32 Å². The summed E-state index contributed by atoms with van der Waals surface area (Å²) >= 11 is 0. The minimum atomic E-state index is -1.14. The Kier molecular flexibility index (Phi) is 3.12. The number of carbonyl (C=O) groups excluding carboxylic acids is 1. The summed E-state index contributed by atoms with van der Waals surface area (Å²) in [5.41, 5.74) is 1.11. The van der Waals surface area contributed by atoms with Gasteiger partial charge in [-0.15, -0.1) is 0 Å². The summed E-state index contributed by atoms with van der Waals surface area (Å²) in [5.74, 6) is -0.174. The van der Waals surface area contributed by atoms with Crippen molar-refractivity contribution in [1.82, 2.24) is 10.2 Å². The first-order chi connectivity index (χ1) is 8.90. The maximum absolute atomic E-state index is 12.1. The van der Waals surface area contributed by atoms with E-state index in [2.05, 4.69) is 15.5 Å². The highest BCUT2D eigenvalue weighted by atomic mass is 16.4. The second kappa shape index (κ2) is 4.60. The molecule has 2 aromatic rings. The van der Waals surface area contributed by atoms with Crippen LogP contribution in [0.4, 0.5) is 5.82 Å². The van der Waals surface area contributed by atoms with Gasteiger partial charge in [0, 0.05) is 11.6 Å². The lowest BCUT2D eigenvalue weighted by molar-refractivity contribution is 0.0690. The van der Waals surface area contributed by atoms with E-state index in [4.69, 9.17) is 9.52 Å². The number of aryl methyl sites for hydroxylation is 2. The van der Waals surface area contributed by atoms with E-state index in [1.807, 2.05) is 0 Å². The van der Waals surface area contributed by atoms with Crippen LogP contribution in [0.1, 0.15) is 37.9 Å². The van der Waals surface area contributed by atoms with Crippen LogP contribution in [0.15, 0.2) is 10.5 Å². The van der Waals surface area contributed by atoms with Gasteiger partial charge < -0.3 is 14.8 Å². The lowest BCUT2D eigenvalue weighted by Crippen LogP contribution is -2.13. The second-order valence-corrected chi connectivity index (χ2v) is 4.14. The summed E-state index contributed by atoms with van der Waals surface area (Å²) in [6.45, 7) is 5.26. The molecular weight excluding hydrogens is 250 g/mol. The molecule has 3 N–H and O–H groups in total. The number of hydrogen-bond donors (Lipinski definition) is 3. The first kappa shape index (κ1) is 12.9. The minimum absolute atomic E-state index is 0.0906. The number of H-pyrrole nitrogens is 1. The number of nitrogens with zero attached hydrogens (tertiary/aromatic N) is 1. The molecule has 0 aliphatic rings. The summed E-state index contributed by atoms with van der Waals surface area (Å²) in [7, 11) is 0. The van der Waals surface area contributed by atoms with Crippen molar-refractivity contribution in [2.45, 2.75) is 20.8 Å². The fourth-order valence-electron chi connectivity index (χ4n) is 1.80. The number of nitrogens with one attached hydrogen (secondary N) is 2. The van der Waals surface area contributed by atoms with Gasteiger partial charge in [0.2, 0.25) is 0 Å². The van der Waals surface area contributed by atoms with Crippen LogP contribution in [0.5, 0.6) is 0 Å². The Bertz CT molecular complexity index is 654. The van der Waals surface area contributed by atoms with Gasteiger partial charge in [-0.25, -0.2) is 4.79 Å². The molecule has 0 unspecified atom stereocenters. The average molecular weight is 263 g/mol. The van der Waals surface area contributed by atoms with Gasteiger partial charge >= 0.3 is 5.97 Å². The van der Waals surface area contributed by atoms with Crippen molar-refractivity contribution >= 4 is 17.7 Å². The number of carbonyl (C=O) groups is 2. The SMILES string of the molecule is Cc1oc(C)c(C(=O)Nc2cc(C(=O)O)[nH]n2)c1C. The molecular formula is C12H13N3O4. The van der Waals surface area contributed by atoms with Crippen molar-refractivity contribution in [3.05, 3.63) is 34.4 Å². The Morgan fingerprint density at radius 1 is 1.32 bits per heavy atom. The van der Waals surface area contributed by atoms with E-state index < -0.39 is 5.97 Å². The smallest absolute Gasteiger partial charge is 0.353 e. The second-order valence-electron chi connectivity index (χ2n) is 4.14. The fourth-order valence-corrected chi connectivity index (χ4v) is 1.80. The van der Waals surface area contributed by atoms with E-state index in [1.54, 1.807) is 20.8 Å². The van der Waals surface area contributed by atoms with Crippen LogP contribution in [0, 0.1) is 20.8 Å². The third kappa shape index (κ3) is 2.35. The van der Waals surface area contributed by atoms with E-state index in [1.165, 1.54) is 6.07 Å². The molecule has 0 aliphatic heterocycles. The molecule has 0 aliphatic carbocycles. The topological polar surface area (TPSA) is 108 Å². The van der Waals surface area contributed by atoms with E-state index in [-0.39, 0.29) is 17.4 Å². The normalized spacial score (nSPS) is 10.5. The zero-order valence-corrected chi connectivity index (χ0v) is 10.7. The third-order valence-electron chi connectivity index (χ3n) is 2.84. The minimum Gasteiger partial charge on any atom is -0.477 e. The molecule has 0 fully saturated rings. The van der Waals surface area contributed by atoms with Gasteiger partial charge in [0.15, 0.2) is 5.82 Å². The van der Waals surface area contributed by atoms with E-state index in [9.17, 15) is 9.59 Å². The predicted octanol–water partition coefficient (Wildman–Crippen LogP) is 1.88. The lowest BCUT2D eigenvalue weighted by Gasteiger charge is -2.01. The highest BCUT2D eigenvalue weighted by molar-refractivity contribution is 6.06. The number of aromatic nitrogens is 2. The Labute approximate surface area is 108 Å². The van der Waals surface area contributed by atoms with Gasteiger partial charge in [-0.3, -0.25) is 9.89 Å². The summed E-state index contributed by atoms with van der Waals surface area (Å²) < 4.78 is 5.36. The van der Waals surface area contributed by atoms with Crippen molar-refractivity contribution in [2.24, 2.45) is 0 Å². The molecule has 0 spiro atoms. The maximum atomic E-state index is 12.1. The number of amides is 1. The Morgan fingerprint density at radius 2 is 2.00 bits per heavy atom. The van der Waals surface area contributed by atoms with Crippen LogP contribution in [-0.4, -0.2) is 27.2 Å². The van der Waals surface area contributed by atoms with Gasteiger partial charge in [-0.05, 0) is 20.8 Å². The standard InChI is InChI=1S/C12H13N3O4/c1-5-6(2)19-7(3)10(5)11(16)13-9-4-8(12(17)18)14-15-9/h4H,1-3H3,(H,17,18)(H2,13,14,15,16). The fraction of sp³-hybridized carbons (Fsp3) is 0.250. The molecule has 2 aromatic heterocycles. The van der Waals surface area contributed by atoms with E-state index >= 15 is 0 Å². The molecule has 0 radical (unpaired) electrons. The van der Waals surface area contributed by atoms with Crippen LogP contribution in [0.3, 0.4) is 0 Å². The molecule has 2 rings (SSSR count). The Balaban J connectivity index is 2.23. The number of anilines is 1. The van der Waals surface area contributed by atoms with Gasteiger partial charge in [0.05, 0.1) is 5.56 Å². The van der Waals surface area contributed by atoms with Crippen LogP contribution in [0.25, 0.3) is 0 Å². The lowest BCUT2D eigenvalue weighted by atomic mass is 10.1. The quantitative estimate of drug-likeness (QED) is 0.783. The average Bonchev–Trinajstić information content (AvgIpc) is 2.85. The zero-order valence-electron chi connectivity index (χ0n) is 10.7. The van der Waals surface area contributed by atoms with Crippen molar-refractivity contribution < 1.29 is 19.1 Å². The van der Waals surface area contributed by atoms with Crippen LogP contribution < -0.4 is 5.32 Å². The molecule has 7 nitrogen and oxygen atoms in total. The van der Waals surface area contributed by atoms with Crippen molar-refractivity contribution in [1.29, 1.82) is 0 Å². The summed E-state index contributed by atoms with van der Waals surface area (Å²) in [6, 6.07) is 1.25. The number of rotatable bonds is 3. The maximum Gasteiger partial charge on any atom is 0.353 e. The molecule has 2 heterocycles. The number of carboxylic acids is 1. The Morgan fingerprint density at radius 3 is 2.47 bits per heavy atom. The van der Waals surface area contributed by atoms with Gasteiger partial charge in [-0.1, -0.05) is 0 Å². The van der Waals surface area contributed by atoms with Crippen LogP contribution >= 0.6 is 0 Å². The zero-order chi connectivity index (χ0) is 14.2. The number of aromatic amines is 1. The van der Waals surface area contributed by atoms with Crippen LogP contribution in [0.2, 0.25) is 0 Å². The number of aromatic carboxylic acids is 1. The molecule has 100 valence electrons. The first-order valence-electron chi connectivity index (χ1n) is 5.56. The predicted molar refractivity (Wildman–Crippen MR) is 66.4 cm³/mol. The van der Waals surface area contributed by atoms with Crippen molar-refractivity contribution in [3.8, 4) is 0 Å².